The van der Waals surface area contributed by atoms with E-state index in [1.54, 1.807) is 14.2 Å². The lowest BCUT2D eigenvalue weighted by Crippen LogP contribution is -2.02. The molecule has 0 aliphatic carbocycles. The van der Waals surface area contributed by atoms with Gasteiger partial charge in [-0.05, 0) is 77.5 Å². The summed E-state index contributed by atoms with van der Waals surface area (Å²) in [5.74, 6) is 1.68. The molecule has 1 aromatic carbocycles. The van der Waals surface area contributed by atoms with Gasteiger partial charge in [-0.15, -0.1) is 0 Å². The lowest BCUT2D eigenvalue weighted by Gasteiger charge is -2.07. The van der Waals surface area contributed by atoms with E-state index in [4.69, 9.17) is 14.2 Å². The first-order valence-electron chi connectivity index (χ1n) is 9.55. The minimum atomic E-state index is 0.113. The topological polar surface area (TPSA) is 31.0 Å². The zero-order valence-corrected chi connectivity index (χ0v) is 17.2. The Labute approximate surface area is 159 Å². The van der Waals surface area contributed by atoms with Crippen molar-refractivity contribution >= 4 is 0 Å². The maximum absolute atomic E-state index is 5.65. The van der Waals surface area contributed by atoms with Crippen LogP contribution in [0.25, 0.3) is 0 Å². The molecule has 2 rings (SSSR count). The van der Waals surface area contributed by atoms with Gasteiger partial charge < -0.3 is 14.2 Å². The van der Waals surface area contributed by atoms with Gasteiger partial charge in [0.05, 0.1) is 25.9 Å². The molecule has 0 saturated carbocycles. The number of allylic oxidation sites excluding steroid dienone is 4. The van der Waals surface area contributed by atoms with Crippen molar-refractivity contribution in [3.8, 4) is 11.5 Å². The van der Waals surface area contributed by atoms with E-state index in [9.17, 15) is 0 Å². The van der Waals surface area contributed by atoms with Crippen molar-refractivity contribution in [3.05, 3.63) is 47.1 Å². The zero-order valence-electron chi connectivity index (χ0n) is 17.2. The fraction of sp³-hybridized carbons (Fsp3) is 0.565. The summed E-state index contributed by atoms with van der Waals surface area (Å²) in [5, 5.41) is 0. The molecule has 0 bridgehead atoms. The highest BCUT2D eigenvalue weighted by atomic mass is 16.6. The molecule has 0 unspecified atom stereocenters. The third-order valence-electron chi connectivity index (χ3n) is 5.09. The van der Waals surface area contributed by atoms with Gasteiger partial charge >= 0.3 is 0 Å². The van der Waals surface area contributed by atoms with Crippen LogP contribution in [0, 0.1) is 0 Å². The highest BCUT2D eigenvalue weighted by Gasteiger charge is 2.46. The SMILES string of the molecule is COc1cc(C/C=C(\C)CC/C=C(\C)CC[C@@H]2OC2(C)C)cc(OC)c1. The Hall–Kier alpha value is -1.74. The largest absolute Gasteiger partial charge is 0.497 e. The number of hydrogen-bond acceptors (Lipinski definition) is 3. The number of ether oxygens (including phenoxy) is 3. The van der Waals surface area contributed by atoms with Gasteiger partial charge in [0.1, 0.15) is 11.5 Å². The van der Waals surface area contributed by atoms with Crippen molar-refractivity contribution in [1.29, 1.82) is 0 Å². The van der Waals surface area contributed by atoms with Gasteiger partial charge in [-0.2, -0.15) is 0 Å². The van der Waals surface area contributed by atoms with E-state index in [0.717, 1.165) is 43.6 Å². The molecule has 0 aromatic heterocycles. The lowest BCUT2D eigenvalue weighted by molar-refractivity contribution is 0.320. The van der Waals surface area contributed by atoms with Gasteiger partial charge in [0.2, 0.25) is 0 Å². The summed E-state index contributed by atoms with van der Waals surface area (Å²) >= 11 is 0. The number of benzene rings is 1. The van der Waals surface area contributed by atoms with Crippen LogP contribution < -0.4 is 9.47 Å². The highest BCUT2D eigenvalue weighted by molar-refractivity contribution is 5.39. The molecule has 1 fully saturated rings. The van der Waals surface area contributed by atoms with Crippen LogP contribution in [0.4, 0.5) is 0 Å². The van der Waals surface area contributed by atoms with Crippen LogP contribution in [0.5, 0.6) is 11.5 Å². The van der Waals surface area contributed by atoms with Crippen LogP contribution in [0.2, 0.25) is 0 Å². The molecule has 1 aliphatic heterocycles. The molecule has 0 amide bonds. The molecule has 1 atom stereocenters. The van der Waals surface area contributed by atoms with Crippen LogP contribution in [0.3, 0.4) is 0 Å². The molecule has 26 heavy (non-hydrogen) atoms. The van der Waals surface area contributed by atoms with Crippen molar-refractivity contribution in [2.24, 2.45) is 0 Å². The minimum Gasteiger partial charge on any atom is -0.497 e. The van der Waals surface area contributed by atoms with Crippen molar-refractivity contribution in [3.63, 3.8) is 0 Å². The average molecular weight is 359 g/mol. The summed E-state index contributed by atoms with van der Waals surface area (Å²) < 4.78 is 16.3. The van der Waals surface area contributed by atoms with E-state index < -0.39 is 0 Å². The molecule has 3 heteroatoms. The van der Waals surface area contributed by atoms with Crippen LogP contribution in [0.15, 0.2) is 41.5 Å². The summed E-state index contributed by atoms with van der Waals surface area (Å²) in [6.07, 6.45) is 10.5. The Morgan fingerprint density at radius 1 is 1.00 bits per heavy atom. The Balaban J connectivity index is 1.76. The molecule has 0 radical (unpaired) electrons. The van der Waals surface area contributed by atoms with Gasteiger partial charge in [-0.25, -0.2) is 0 Å². The third kappa shape index (κ3) is 6.53. The van der Waals surface area contributed by atoms with Crippen LogP contribution >= 0.6 is 0 Å². The zero-order chi connectivity index (χ0) is 19.2. The van der Waals surface area contributed by atoms with E-state index in [1.807, 2.05) is 6.07 Å². The van der Waals surface area contributed by atoms with E-state index >= 15 is 0 Å². The van der Waals surface area contributed by atoms with Gasteiger partial charge in [0.25, 0.3) is 0 Å². The Kier molecular flexibility index (Phi) is 7.33. The van der Waals surface area contributed by atoms with E-state index in [2.05, 4.69) is 52.0 Å². The van der Waals surface area contributed by atoms with E-state index in [-0.39, 0.29) is 5.60 Å². The first-order valence-corrected chi connectivity index (χ1v) is 9.55. The molecule has 1 saturated heterocycles. The normalized spacial score (nSPS) is 19.4. The summed E-state index contributed by atoms with van der Waals surface area (Å²) in [6, 6.07) is 6.04. The monoisotopic (exact) mass is 358 g/mol. The molecule has 3 nitrogen and oxygen atoms in total. The molecule has 144 valence electrons. The second-order valence-electron chi connectivity index (χ2n) is 7.81. The quantitative estimate of drug-likeness (QED) is 0.387. The number of hydrogen-bond donors (Lipinski definition) is 0. The summed E-state index contributed by atoms with van der Waals surface area (Å²) in [6.45, 7) is 8.78. The van der Waals surface area contributed by atoms with Gasteiger partial charge in [-0.1, -0.05) is 23.3 Å². The van der Waals surface area contributed by atoms with Crippen molar-refractivity contribution in [2.45, 2.75) is 71.5 Å². The first-order chi connectivity index (χ1) is 12.3. The minimum absolute atomic E-state index is 0.113. The molecule has 1 aromatic rings. The molecular formula is C23H34O3. The van der Waals surface area contributed by atoms with E-state index in [0.29, 0.717) is 6.10 Å². The van der Waals surface area contributed by atoms with Gasteiger partial charge in [-0.3, -0.25) is 0 Å². The van der Waals surface area contributed by atoms with E-state index in [1.165, 1.54) is 16.7 Å². The standard InChI is InChI=1S/C23H34O3/c1-17(8-7-9-18(2)11-13-22-23(3,4)26-22)10-12-19-14-20(24-5)16-21(15-19)25-6/h9-10,14-16,22H,7-8,11-13H2,1-6H3/b17-10+,18-9+/t22-/m0/s1. The maximum atomic E-state index is 5.65. The second-order valence-corrected chi connectivity index (χ2v) is 7.81. The summed E-state index contributed by atoms with van der Waals surface area (Å²) in [7, 11) is 3.37. The second kappa shape index (κ2) is 9.27. The summed E-state index contributed by atoms with van der Waals surface area (Å²) in [5.41, 5.74) is 4.21. The van der Waals surface area contributed by atoms with Crippen molar-refractivity contribution in [2.75, 3.05) is 14.2 Å². The van der Waals surface area contributed by atoms with Crippen molar-refractivity contribution < 1.29 is 14.2 Å². The van der Waals surface area contributed by atoms with Crippen LogP contribution in [-0.4, -0.2) is 25.9 Å². The molecular weight excluding hydrogens is 324 g/mol. The first kappa shape index (κ1) is 20.6. The predicted molar refractivity (Wildman–Crippen MR) is 108 cm³/mol. The molecule has 0 spiro atoms. The predicted octanol–water partition coefficient (Wildman–Crippen LogP) is 5.88. The van der Waals surface area contributed by atoms with Gasteiger partial charge in [0.15, 0.2) is 0 Å². The van der Waals surface area contributed by atoms with Crippen molar-refractivity contribution in [1.82, 2.24) is 0 Å². The maximum Gasteiger partial charge on any atom is 0.122 e. The fourth-order valence-electron chi connectivity index (χ4n) is 3.12. The third-order valence-corrected chi connectivity index (χ3v) is 5.09. The fourth-order valence-corrected chi connectivity index (χ4v) is 3.12. The Morgan fingerprint density at radius 3 is 2.12 bits per heavy atom. The Morgan fingerprint density at radius 2 is 1.58 bits per heavy atom. The number of methoxy groups -OCH3 is 2. The smallest absolute Gasteiger partial charge is 0.122 e. The molecule has 1 aliphatic rings. The van der Waals surface area contributed by atoms with Gasteiger partial charge in [0, 0.05) is 6.07 Å². The molecule has 1 heterocycles. The number of epoxide rings is 1. The Bertz CT molecular complexity index is 633. The number of rotatable bonds is 10. The highest BCUT2D eigenvalue weighted by Crippen LogP contribution is 2.38. The average Bonchev–Trinajstić information content (AvgIpc) is 3.24. The summed E-state index contributed by atoms with van der Waals surface area (Å²) in [4.78, 5) is 0. The van der Waals surface area contributed by atoms with Crippen LogP contribution in [0.1, 0.15) is 58.9 Å². The molecule has 0 N–H and O–H groups in total. The lowest BCUT2D eigenvalue weighted by atomic mass is 10.0. The van der Waals surface area contributed by atoms with Crippen LogP contribution in [-0.2, 0) is 11.2 Å².